The molecule has 0 saturated carbocycles. The quantitative estimate of drug-likeness (QED) is 0.483. The van der Waals surface area contributed by atoms with E-state index in [1.165, 1.54) is 0 Å². The van der Waals surface area contributed by atoms with Crippen LogP contribution in [-0.2, 0) is 0 Å². The predicted molar refractivity (Wildman–Crippen MR) is 33.3 cm³/mol. The minimum absolute atomic E-state index is 0.190. The SMILES string of the molecule is [CH]=CCCCCCF. The lowest BCUT2D eigenvalue weighted by Crippen LogP contribution is -1.76. The highest BCUT2D eigenvalue weighted by Gasteiger charge is 1.83. The molecule has 0 atom stereocenters. The van der Waals surface area contributed by atoms with Gasteiger partial charge in [-0.25, -0.2) is 0 Å². The van der Waals surface area contributed by atoms with Crippen molar-refractivity contribution in [3.8, 4) is 0 Å². The summed E-state index contributed by atoms with van der Waals surface area (Å²) in [5.74, 6) is 0. The third kappa shape index (κ3) is 5.67. The number of hydrogen-bond donors (Lipinski definition) is 0. The number of unbranched alkanes of at least 4 members (excludes halogenated alkanes) is 3. The molecule has 0 heterocycles. The third-order valence-electron chi connectivity index (χ3n) is 1.00. The van der Waals surface area contributed by atoms with Crippen LogP contribution < -0.4 is 0 Å². The molecule has 0 N–H and O–H groups in total. The molecule has 0 unspecified atom stereocenters. The zero-order valence-corrected chi connectivity index (χ0v) is 5.07. The molecule has 0 spiro atoms. The van der Waals surface area contributed by atoms with Crippen molar-refractivity contribution in [1.82, 2.24) is 0 Å². The van der Waals surface area contributed by atoms with Crippen molar-refractivity contribution in [2.75, 3.05) is 6.67 Å². The van der Waals surface area contributed by atoms with E-state index in [0.717, 1.165) is 19.3 Å². The molecule has 0 aromatic rings. The van der Waals surface area contributed by atoms with Crippen molar-refractivity contribution in [3.05, 3.63) is 12.7 Å². The molecule has 1 heteroatoms. The molecule has 0 nitrogen and oxygen atoms in total. The van der Waals surface area contributed by atoms with Crippen molar-refractivity contribution in [2.24, 2.45) is 0 Å². The molecule has 0 bridgehead atoms. The summed E-state index contributed by atoms with van der Waals surface area (Å²) in [5.41, 5.74) is 0. The number of alkyl halides is 1. The van der Waals surface area contributed by atoms with E-state index < -0.39 is 0 Å². The molecular weight excluding hydrogens is 103 g/mol. The highest BCUT2D eigenvalue weighted by Crippen LogP contribution is 1.99. The fourth-order valence-electron chi connectivity index (χ4n) is 0.533. The highest BCUT2D eigenvalue weighted by molar-refractivity contribution is 4.61. The van der Waals surface area contributed by atoms with Crippen LogP contribution >= 0.6 is 0 Å². The van der Waals surface area contributed by atoms with Gasteiger partial charge in [0.05, 0.1) is 6.67 Å². The Labute approximate surface area is 50.4 Å². The van der Waals surface area contributed by atoms with E-state index in [1.807, 2.05) is 0 Å². The molecule has 0 rings (SSSR count). The fraction of sp³-hybridized carbons (Fsp3) is 0.714. The van der Waals surface area contributed by atoms with E-state index in [1.54, 1.807) is 6.08 Å². The molecule has 0 aliphatic carbocycles. The Balaban J connectivity index is 2.62. The first-order chi connectivity index (χ1) is 3.91. The Morgan fingerprint density at radius 2 is 2.00 bits per heavy atom. The van der Waals surface area contributed by atoms with E-state index in [4.69, 9.17) is 6.58 Å². The van der Waals surface area contributed by atoms with Crippen molar-refractivity contribution in [2.45, 2.75) is 25.7 Å². The van der Waals surface area contributed by atoms with Gasteiger partial charge >= 0.3 is 0 Å². The minimum atomic E-state index is -0.190. The predicted octanol–water partition coefficient (Wildman–Crippen LogP) is 2.51. The van der Waals surface area contributed by atoms with E-state index in [-0.39, 0.29) is 6.67 Å². The second-order valence-electron chi connectivity index (χ2n) is 1.77. The average molecular weight is 115 g/mol. The first-order valence-corrected chi connectivity index (χ1v) is 3.01. The smallest absolute Gasteiger partial charge is 0.0894 e. The lowest BCUT2D eigenvalue weighted by molar-refractivity contribution is 0.457. The Kier molecular flexibility index (Phi) is 6.39. The van der Waals surface area contributed by atoms with Gasteiger partial charge in [-0.2, -0.15) is 0 Å². The van der Waals surface area contributed by atoms with Gasteiger partial charge in [-0.3, -0.25) is 4.39 Å². The van der Waals surface area contributed by atoms with Gasteiger partial charge in [0.15, 0.2) is 0 Å². The average Bonchev–Trinajstić information content (AvgIpc) is 1.81. The summed E-state index contributed by atoms with van der Waals surface area (Å²) in [7, 11) is 0. The maximum absolute atomic E-state index is 11.4. The number of allylic oxidation sites excluding steroid dienone is 1. The van der Waals surface area contributed by atoms with E-state index in [9.17, 15) is 4.39 Å². The van der Waals surface area contributed by atoms with Crippen molar-refractivity contribution in [1.29, 1.82) is 0 Å². The maximum Gasteiger partial charge on any atom is 0.0894 e. The lowest BCUT2D eigenvalue weighted by Gasteiger charge is -1.90. The number of rotatable bonds is 5. The molecule has 0 aromatic carbocycles. The summed E-state index contributed by atoms with van der Waals surface area (Å²) < 4.78 is 11.4. The van der Waals surface area contributed by atoms with Crippen LogP contribution in [0.5, 0.6) is 0 Å². The van der Waals surface area contributed by atoms with E-state index in [0.29, 0.717) is 6.42 Å². The number of hydrogen-bond acceptors (Lipinski definition) is 0. The van der Waals surface area contributed by atoms with Crippen LogP contribution in [0.15, 0.2) is 6.08 Å². The summed E-state index contributed by atoms with van der Waals surface area (Å²) >= 11 is 0. The molecule has 1 radical (unpaired) electrons. The van der Waals surface area contributed by atoms with Crippen LogP contribution in [-0.4, -0.2) is 6.67 Å². The monoisotopic (exact) mass is 115 g/mol. The topological polar surface area (TPSA) is 0 Å². The summed E-state index contributed by atoms with van der Waals surface area (Å²) in [6.07, 6.45) is 5.22. The fourth-order valence-corrected chi connectivity index (χ4v) is 0.533. The molecule has 0 aliphatic rings. The zero-order valence-electron chi connectivity index (χ0n) is 5.07. The summed E-state index contributed by atoms with van der Waals surface area (Å²) in [5, 5.41) is 0. The molecular formula is C7H12F. The van der Waals surface area contributed by atoms with Gasteiger partial charge in [-0.05, 0) is 19.3 Å². The second-order valence-corrected chi connectivity index (χ2v) is 1.77. The molecule has 47 valence electrons. The Morgan fingerprint density at radius 1 is 1.25 bits per heavy atom. The van der Waals surface area contributed by atoms with Crippen LogP contribution in [0.25, 0.3) is 0 Å². The second kappa shape index (κ2) is 6.67. The van der Waals surface area contributed by atoms with Gasteiger partial charge in [-0.1, -0.05) is 19.1 Å². The number of halogens is 1. The van der Waals surface area contributed by atoms with Crippen molar-refractivity contribution < 1.29 is 4.39 Å². The van der Waals surface area contributed by atoms with Crippen LogP contribution in [0.2, 0.25) is 0 Å². The molecule has 0 fully saturated rings. The summed E-state index contributed by atoms with van der Waals surface area (Å²) in [4.78, 5) is 0. The first-order valence-electron chi connectivity index (χ1n) is 3.01. The third-order valence-corrected chi connectivity index (χ3v) is 1.00. The Bertz CT molecular complexity index is 50.3. The maximum atomic E-state index is 11.4. The minimum Gasteiger partial charge on any atom is -0.251 e. The highest BCUT2D eigenvalue weighted by atomic mass is 19.1. The summed E-state index contributed by atoms with van der Waals surface area (Å²) in [6.45, 7) is 4.90. The van der Waals surface area contributed by atoms with Crippen LogP contribution in [0.3, 0.4) is 0 Å². The van der Waals surface area contributed by atoms with Gasteiger partial charge in [0.25, 0.3) is 0 Å². The standard InChI is InChI=1S/C7H12F/c1-2-3-4-5-6-7-8/h1-2H,3-7H2. The first kappa shape index (κ1) is 7.67. The molecule has 0 amide bonds. The van der Waals surface area contributed by atoms with Crippen LogP contribution in [0.4, 0.5) is 4.39 Å². The van der Waals surface area contributed by atoms with Gasteiger partial charge in [0.1, 0.15) is 0 Å². The molecule has 8 heavy (non-hydrogen) atoms. The molecule has 0 aromatic heterocycles. The Hall–Kier alpha value is -0.330. The normalized spacial score (nSPS) is 9.12. The van der Waals surface area contributed by atoms with Gasteiger partial charge in [0, 0.05) is 0 Å². The van der Waals surface area contributed by atoms with Gasteiger partial charge in [0.2, 0.25) is 0 Å². The Morgan fingerprint density at radius 3 is 2.50 bits per heavy atom. The van der Waals surface area contributed by atoms with Crippen molar-refractivity contribution >= 4 is 0 Å². The van der Waals surface area contributed by atoms with Crippen LogP contribution in [0.1, 0.15) is 25.7 Å². The van der Waals surface area contributed by atoms with E-state index in [2.05, 4.69) is 0 Å². The molecule has 0 aliphatic heterocycles. The van der Waals surface area contributed by atoms with Gasteiger partial charge in [-0.15, -0.1) is 0 Å². The molecule has 0 saturated heterocycles. The van der Waals surface area contributed by atoms with Crippen LogP contribution in [0, 0.1) is 6.58 Å². The van der Waals surface area contributed by atoms with Crippen molar-refractivity contribution in [3.63, 3.8) is 0 Å². The summed E-state index contributed by atoms with van der Waals surface area (Å²) in [6, 6.07) is 0. The largest absolute Gasteiger partial charge is 0.251 e. The van der Waals surface area contributed by atoms with Gasteiger partial charge < -0.3 is 0 Å². The zero-order chi connectivity index (χ0) is 6.24. The lowest BCUT2D eigenvalue weighted by atomic mass is 10.2. The van der Waals surface area contributed by atoms with E-state index >= 15 is 0 Å².